The van der Waals surface area contributed by atoms with E-state index in [0.29, 0.717) is 36.1 Å². The molecule has 1 amide bonds. The second-order valence-corrected chi connectivity index (χ2v) is 13.0. The van der Waals surface area contributed by atoms with Gasteiger partial charge in [0, 0.05) is 19.4 Å². The summed E-state index contributed by atoms with van der Waals surface area (Å²) in [7, 11) is 0. The summed E-state index contributed by atoms with van der Waals surface area (Å²) in [6, 6.07) is 0. The van der Waals surface area contributed by atoms with Gasteiger partial charge in [0.05, 0.1) is 6.10 Å². The highest BCUT2D eigenvalue weighted by molar-refractivity contribution is 5.75. The normalized spacial score (nSPS) is 42.2. The van der Waals surface area contributed by atoms with Gasteiger partial charge in [-0.25, -0.2) is 0 Å². The molecule has 4 rings (SSSR count). The van der Waals surface area contributed by atoms with Crippen molar-refractivity contribution in [3.8, 4) is 0 Å². The molecule has 0 aromatic heterocycles. The summed E-state index contributed by atoms with van der Waals surface area (Å²) in [5, 5.41) is 22.0. The molecule has 5 nitrogen and oxygen atoms in total. The second-order valence-electron chi connectivity index (χ2n) is 13.0. The molecule has 34 heavy (non-hydrogen) atoms. The molecule has 4 fully saturated rings. The second kappa shape index (κ2) is 10.5. The van der Waals surface area contributed by atoms with Crippen LogP contribution in [-0.2, 0) is 9.59 Å². The molecule has 5 heteroatoms. The maximum Gasteiger partial charge on any atom is 0.303 e. The number of carbonyl (C=O) groups excluding carboxylic acids is 1. The van der Waals surface area contributed by atoms with Crippen LogP contribution in [0.1, 0.15) is 111 Å². The molecule has 0 saturated heterocycles. The molecule has 3 N–H and O–H groups in total. The largest absolute Gasteiger partial charge is 0.481 e. The number of aliphatic carboxylic acids is 1. The zero-order valence-corrected chi connectivity index (χ0v) is 21.9. The standard InChI is InChI=1S/C29H49NO4/c1-19(7-12-26(32)30-17-5-4-6-27(33)34)23-10-11-24-22-9-8-20-18-21(31)13-15-28(20,2)25(22)14-16-29(23,24)3/h19-25,31H,4-18H2,1-3H3,(H,30,32)(H,33,34)/t19-,20-,21-,22+,23-,24+,25+,28+,29-/m1/s1. The summed E-state index contributed by atoms with van der Waals surface area (Å²) in [6.45, 7) is 8.12. The number of carbonyl (C=O) groups is 2. The first-order chi connectivity index (χ1) is 16.1. The van der Waals surface area contributed by atoms with E-state index < -0.39 is 5.97 Å². The van der Waals surface area contributed by atoms with E-state index in [1.54, 1.807) is 0 Å². The summed E-state index contributed by atoms with van der Waals surface area (Å²) in [5.74, 6) is 3.92. The van der Waals surface area contributed by atoms with Crippen LogP contribution in [0.25, 0.3) is 0 Å². The predicted octanol–water partition coefficient (Wildman–Crippen LogP) is 5.79. The molecule has 4 saturated carbocycles. The minimum atomic E-state index is -0.766. The molecule has 0 bridgehead atoms. The first kappa shape index (κ1) is 26.0. The van der Waals surface area contributed by atoms with Crippen LogP contribution >= 0.6 is 0 Å². The Balaban J connectivity index is 1.29. The lowest BCUT2D eigenvalue weighted by molar-refractivity contribution is -0.137. The van der Waals surface area contributed by atoms with Gasteiger partial charge in [-0.2, -0.15) is 0 Å². The number of rotatable bonds is 9. The van der Waals surface area contributed by atoms with Crippen LogP contribution in [0.3, 0.4) is 0 Å². The number of aliphatic hydroxyl groups is 1. The molecule has 0 heterocycles. The van der Waals surface area contributed by atoms with Gasteiger partial charge in [-0.1, -0.05) is 20.8 Å². The number of unbranched alkanes of at least 4 members (excludes halogenated alkanes) is 1. The molecule has 4 aliphatic rings. The highest BCUT2D eigenvalue weighted by atomic mass is 16.4. The van der Waals surface area contributed by atoms with Crippen LogP contribution in [0.2, 0.25) is 0 Å². The van der Waals surface area contributed by atoms with Crippen molar-refractivity contribution < 1.29 is 19.8 Å². The summed E-state index contributed by atoms with van der Waals surface area (Å²) in [6.07, 6.45) is 14.3. The van der Waals surface area contributed by atoms with E-state index in [0.717, 1.165) is 55.3 Å². The Kier molecular flexibility index (Phi) is 8.01. The number of amides is 1. The average molecular weight is 476 g/mol. The molecule has 194 valence electrons. The van der Waals surface area contributed by atoms with E-state index >= 15 is 0 Å². The van der Waals surface area contributed by atoms with Crippen molar-refractivity contribution in [3.63, 3.8) is 0 Å². The van der Waals surface area contributed by atoms with Crippen molar-refractivity contribution in [2.45, 2.75) is 117 Å². The van der Waals surface area contributed by atoms with Crippen LogP contribution in [0, 0.1) is 46.3 Å². The van der Waals surface area contributed by atoms with E-state index in [9.17, 15) is 14.7 Å². The number of carboxylic acid groups (broad SMARTS) is 1. The molecule has 0 aromatic rings. The van der Waals surface area contributed by atoms with Crippen LogP contribution in [0.15, 0.2) is 0 Å². The first-order valence-electron chi connectivity index (χ1n) is 14.3. The SMILES string of the molecule is C[C@H](CCC(=O)NCCCCC(=O)O)[C@H]1CC[C@H]2[C@@H]3CC[C@@H]4C[C@H](O)CC[C@]4(C)[C@H]3CC[C@]12C. The highest BCUT2D eigenvalue weighted by Crippen LogP contribution is 2.68. The molecular formula is C29H49NO4. The Morgan fingerprint density at radius 3 is 2.44 bits per heavy atom. The fourth-order valence-electron chi connectivity index (χ4n) is 9.49. The number of aliphatic hydroxyl groups excluding tert-OH is 1. The molecule has 4 aliphatic carbocycles. The van der Waals surface area contributed by atoms with E-state index in [2.05, 4.69) is 26.1 Å². The Morgan fingerprint density at radius 2 is 1.68 bits per heavy atom. The molecule has 9 atom stereocenters. The minimum absolute atomic E-state index is 0.0675. The number of hydrogen-bond donors (Lipinski definition) is 3. The van der Waals surface area contributed by atoms with Gasteiger partial charge in [0.25, 0.3) is 0 Å². The smallest absolute Gasteiger partial charge is 0.303 e. The van der Waals surface area contributed by atoms with Crippen molar-refractivity contribution in [2.24, 2.45) is 46.3 Å². The number of carboxylic acids is 1. The lowest BCUT2D eigenvalue weighted by Crippen LogP contribution is -2.54. The van der Waals surface area contributed by atoms with Crippen molar-refractivity contribution >= 4 is 11.9 Å². The van der Waals surface area contributed by atoms with Crippen molar-refractivity contribution in [1.82, 2.24) is 5.32 Å². The van der Waals surface area contributed by atoms with E-state index in [1.165, 1.54) is 44.9 Å². The Labute approximate surface area is 206 Å². The van der Waals surface area contributed by atoms with Gasteiger partial charge in [-0.3, -0.25) is 9.59 Å². The van der Waals surface area contributed by atoms with Crippen molar-refractivity contribution in [1.29, 1.82) is 0 Å². The lowest BCUT2D eigenvalue weighted by Gasteiger charge is -2.61. The summed E-state index contributed by atoms with van der Waals surface area (Å²) in [5.41, 5.74) is 0.862. The van der Waals surface area contributed by atoms with Gasteiger partial charge >= 0.3 is 5.97 Å². The number of hydrogen-bond acceptors (Lipinski definition) is 3. The molecular weight excluding hydrogens is 426 g/mol. The van der Waals surface area contributed by atoms with Crippen LogP contribution in [-0.4, -0.2) is 34.7 Å². The predicted molar refractivity (Wildman–Crippen MR) is 134 cm³/mol. The topological polar surface area (TPSA) is 86.6 Å². The maximum atomic E-state index is 12.4. The average Bonchev–Trinajstić information content (AvgIpc) is 3.15. The van der Waals surface area contributed by atoms with E-state index in [-0.39, 0.29) is 18.4 Å². The van der Waals surface area contributed by atoms with Crippen LogP contribution in [0.4, 0.5) is 0 Å². The van der Waals surface area contributed by atoms with Crippen molar-refractivity contribution in [3.05, 3.63) is 0 Å². The summed E-state index contributed by atoms with van der Waals surface area (Å²) >= 11 is 0. The summed E-state index contributed by atoms with van der Waals surface area (Å²) < 4.78 is 0. The molecule has 0 unspecified atom stereocenters. The molecule has 0 aliphatic heterocycles. The van der Waals surface area contributed by atoms with Gasteiger partial charge in [-0.15, -0.1) is 0 Å². The molecule has 0 radical (unpaired) electrons. The van der Waals surface area contributed by atoms with Crippen molar-refractivity contribution in [2.75, 3.05) is 6.54 Å². The first-order valence-corrected chi connectivity index (χ1v) is 14.3. The summed E-state index contributed by atoms with van der Waals surface area (Å²) in [4.78, 5) is 23.0. The maximum absolute atomic E-state index is 12.4. The lowest BCUT2D eigenvalue weighted by atomic mass is 9.44. The van der Waals surface area contributed by atoms with Gasteiger partial charge in [-0.05, 0) is 123 Å². The Hall–Kier alpha value is -1.10. The third-order valence-electron chi connectivity index (χ3n) is 11.4. The van der Waals surface area contributed by atoms with Gasteiger partial charge in [0.1, 0.15) is 0 Å². The third kappa shape index (κ3) is 5.06. The van der Waals surface area contributed by atoms with Crippen LogP contribution in [0.5, 0.6) is 0 Å². The molecule has 0 aromatic carbocycles. The zero-order valence-electron chi connectivity index (χ0n) is 21.9. The number of nitrogens with one attached hydrogen (secondary N) is 1. The Morgan fingerprint density at radius 1 is 0.941 bits per heavy atom. The number of fused-ring (bicyclic) bond motifs is 5. The molecule has 0 spiro atoms. The quantitative estimate of drug-likeness (QED) is 0.368. The van der Waals surface area contributed by atoms with Gasteiger partial charge in [0.15, 0.2) is 0 Å². The van der Waals surface area contributed by atoms with Crippen LogP contribution < -0.4 is 5.32 Å². The Bertz CT molecular complexity index is 740. The van der Waals surface area contributed by atoms with E-state index in [4.69, 9.17) is 5.11 Å². The van der Waals surface area contributed by atoms with E-state index in [1.807, 2.05) is 0 Å². The fourth-order valence-corrected chi connectivity index (χ4v) is 9.49. The van der Waals surface area contributed by atoms with Gasteiger partial charge in [0.2, 0.25) is 5.91 Å². The zero-order chi connectivity index (χ0) is 24.5. The monoisotopic (exact) mass is 475 g/mol. The fraction of sp³-hybridized carbons (Fsp3) is 0.931. The minimum Gasteiger partial charge on any atom is -0.481 e. The highest BCUT2D eigenvalue weighted by Gasteiger charge is 2.60. The van der Waals surface area contributed by atoms with Gasteiger partial charge < -0.3 is 15.5 Å². The third-order valence-corrected chi connectivity index (χ3v) is 11.4.